The molecule has 0 fully saturated rings. The molecule has 112 valence electrons. The van der Waals surface area contributed by atoms with Crippen LogP contribution in [0.15, 0.2) is 18.2 Å². The molecule has 0 aromatic heterocycles. The van der Waals surface area contributed by atoms with Gasteiger partial charge in [0.1, 0.15) is 0 Å². The van der Waals surface area contributed by atoms with Crippen LogP contribution < -0.4 is 10.6 Å². The number of nitrogen functional groups attached to an aromatic ring is 1. The number of nitrogens with two attached hydrogens (primary N) is 1. The third-order valence-electron chi connectivity index (χ3n) is 2.97. The fourth-order valence-electron chi connectivity index (χ4n) is 2.03. The summed E-state index contributed by atoms with van der Waals surface area (Å²) in [6.45, 7) is 8.81. The van der Waals surface area contributed by atoms with Gasteiger partial charge >= 0.3 is 5.97 Å². The highest BCUT2D eigenvalue weighted by atomic mass is 16.5. The second-order valence-corrected chi connectivity index (χ2v) is 4.24. The Hall–Kier alpha value is -1.75. The van der Waals surface area contributed by atoms with Crippen LogP contribution in [0.5, 0.6) is 0 Å². The molecular formula is C15H24N2O3. The number of benzene rings is 1. The number of hydrogen-bond donors (Lipinski definition) is 1. The van der Waals surface area contributed by atoms with E-state index in [1.54, 1.807) is 25.1 Å². The lowest BCUT2D eigenvalue weighted by Gasteiger charge is -2.26. The summed E-state index contributed by atoms with van der Waals surface area (Å²) in [6, 6.07) is 5.30. The Kier molecular flexibility index (Phi) is 6.87. The molecule has 0 aliphatic carbocycles. The highest BCUT2D eigenvalue weighted by Gasteiger charge is 2.19. The summed E-state index contributed by atoms with van der Waals surface area (Å²) in [5.41, 5.74) is 7.86. The maximum absolute atomic E-state index is 12.0. The van der Waals surface area contributed by atoms with Gasteiger partial charge in [-0.25, -0.2) is 4.79 Å². The third kappa shape index (κ3) is 4.13. The standard InChI is InChI=1S/C15H24N2O3/c1-4-17(10-11-19-5-2)14-12(15(18)20-6-3)8-7-9-13(14)16/h7-9H,4-6,10-11,16H2,1-3H3. The molecule has 0 spiro atoms. The fourth-order valence-corrected chi connectivity index (χ4v) is 2.03. The summed E-state index contributed by atoms with van der Waals surface area (Å²) in [7, 11) is 0. The summed E-state index contributed by atoms with van der Waals surface area (Å²) in [4.78, 5) is 14.1. The number of rotatable bonds is 8. The minimum absolute atomic E-state index is 0.343. The molecule has 0 aliphatic heterocycles. The van der Waals surface area contributed by atoms with Crippen LogP contribution in [0, 0.1) is 0 Å². The van der Waals surface area contributed by atoms with Crippen LogP contribution in [0.3, 0.4) is 0 Å². The van der Waals surface area contributed by atoms with Crippen molar-refractivity contribution in [1.82, 2.24) is 0 Å². The fraction of sp³-hybridized carbons (Fsp3) is 0.533. The van der Waals surface area contributed by atoms with Crippen LogP contribution in [-0.2, 0) is 9.47 Å². The van der Waals surface area contributed by atoms with E-state index < -0.39 is 0 Å². The quantitative estimate of drug-likeness (QED) is 0.450. The largest absolute Gasteiger partial charge is 0.462 e. The Morgan fingerprint density at radius 3 is 2.60 bits per heavy atom. The van der Waals surface area contributed by atoms with Gasteiger partial charge in [-0.3, -0.25) is 0 Å². The van der Waals surface area contributed by atoms with Crippen molar-refractivity contribution < 1.29 is 14.3 Å². The topological polar surface area (TPSA) is 64.8 Å². The number of nitrogens with zero attached hydrogens (tertiary/aromatic N) is 1. The van der Waals surface area contributed by atoms with Gasteiger partial charge in [0.05, 0.1) is 30.2 Å². The van der Waals surface area contributed by atoms with Gasteiger partial charge in [-0.15, -0.1) is 0 Å². The normalized spacial score (nSPS) is 10.3. The van der Waals surface area contributed by atoms with Crippen molar-refractivity contribution in [3.05, 3.63) is 23.8 Å². The predicted molar refractivity (Wildman–Crippen MR) is 81.2 cm³/mol. The van der Waals surface area contributed by atoms with E-state index >= 15 is 0 Å². The molecule has 0 unspecified atom stereocenters. The molecule has 0 heterocycles. The summed E-state index contributed by atoms with van der Waals surface area (Å²) in [6.07, 6.45) is 0. The molecule has 20 heavy (non-hydrogen) atoms. The third-order valence-corrected chi connectivity index (χ3v) is 2.97. The zero-order chi connectivity index (χ0) is 15.0. The van der Waals surface area contributed by atoms with Crippen molar-refractivity contribution in [3.63, 3.8) is 0 Å². The average Bonchev–Trinajstić information content (AvgIpc) is 2.44. The number of carbonyl (C=O) groups is 1. The van der Waals surface area contributed by atoms with Crippen molar-refractivity contribution in [3.8, 4) is 0 Å². The molecule has 0 saturated carbocycles. The van der Waals surface area contributed by atoms with Gasteiger partial charge < -0.3 is 20.1 Å². The van der Waals surface area contributed by atoms with E-state index in [9.17, 15) is 4.79 Å². The number of anilines is 2. The number of ether oxygens (including phenoxy) is 2. The van der Waals surface area contributed by atoms with E-state index in [2.05, 4.69) is 0 Å². The molecule has 5 nitrogen and oxygen atoms in total. The lowest BCUT2D eigenvalue weighted by molar-refractivity contribution is 0.0527. The number of hydrogen-bond acceptors (Lipinski definition) is 5. The van der Waals surface area contributed by atoms with E-state index in [4.69, 9.17) is 15.2 Å². The van der Waals surface area contributed by atoms with Gasteiger partial charge in [0.25, 0.3) is 0 Å². The molecule has 1 rings (SSSR count). The maximum atomic E-state index is 12.0. The second kappa shape index (κ2) is 8.43. The van der Waals surface area contributed by atoms with E-state index in [1.807, 2.05) is 18.7 Å². The molecule has 0 saturated heterocycles. The zero-order valence-corrected chi connectivity index (χ0v) is 12.5. The first kappa shape index (κ1) is 16.3. The van der Waals surface area contributed by atoms with Crippen molar-refractivity contribution >= 4 is 17.3 Å². The van der Waals surface area contributed by atoms with Gasteiger partial charge in [0, 0.05) is 19.7 Å². The Labute approximate surface area is 120 Å². The number of esters is 1. The van der Waals surface area contributed by atoms with Crippen LogP contribution in [0.1, 0.15) is 31.1 Å². The molecule has 2 N–H and O–H groups in total. The number of para-hydroxylation sites is 1. The van der Waals surface area contributed by atoms with Crippen LogP contribution in [0.4, 0.5) is 11.4 Å². The zero-order valence-electron chi connectivity index (χ0n) is 12.5. The van der Waals surface area contributed by atoms with Crippen molar-refractivity contribution in [2.75, 3.05) is 43.5 Å². The van der Waals surface area contributed by atoms with Gasteiger partial charge in [-0.05, 0) is 32.9 Å². The molecule has 0 radical (unpaired) electrons. The Morgan fingerprint density at radius 1 is 1.25 bits per heavy atom. The molecule has 0 amide bonds. The first-order valence-electron chi connectivity index (χ1n) is 7.03. The first-order chi connectivity index (χ1) is 9.65. The molecule has 5 heteroatoms. The average molecular weight is 280 g/mol. The SMILES string of the molecule is CCOCCN(CC)c1c(N)cccc1C(=O)OCC. The Balaban J connectivity index is 3.03. The van der Waals surface area contributed by atoms with Crippen LogP contribution in [0.25, 0.3) is 0 Å². The lowest BCUT2D eigenvalue weighted by Crippen LogP contribution is -2.30. The Morgan fingerprint density at radius 2 is 2.00 bits per heavy atom. The Bertz CT molecular complexity index is 435. The predicted octanol–water partition coefficient (Wildman–Crippen LogP) is 2.31. The van der Waals surface area contributed by atoms with Crippen LogP contribution in [-0.4, -0.2) is 38.9 Å². The monoisotopic (exact) mass is 280 g/mol. The molecule has 1 aromatic carbocycles. The molecule has 0 atom stereocenters. The second-order valence-electron chi connectivity index (χ2n) is 4.24. The number of carbonyl (C=O) groups excluding carboxylic acids is 1. The van der Waals surface area contributed by atoms with Gasteiger partial charge in [-0.1, -0.05) is 6.07 Å². The van der Waals surface area contributed by atoms with Gasteiger partial charge in [-0.2, -0.15) is 0 Å². The van der Waals surface area contributed by atoms with Gasteiger partial charge in [0.15, 0.2) is 0 Å². The maximum Gasteiger partial charge on any atom is 0.340 e. The van der Waals surface area contributed by atoms with E-state index in [-0.39, 0.29) is 5.97 Å². The molecular weight excluding hydrogens is 256 g/mol. The smallest absolute Gasteiger partial charge is 0.340 e. The summed E-state index contributed by atoms with van der Waals surface area (Å²) >= 11 is 0. The first-order valence-corrected chi connectivity index (χ1v) is 7.03. The minimum Gasteiger partial charge on any atom is -0.462 e. The molecule has 0 bridgehead atoms. The van der Waals surface area contributed by atoms with Crippen molar-refractivity contribution in [2.45, 2.75) is 20.8 Å². The minimum atomic E-state index is -0.343. The van der Waals surface area contributed by atoms with Crippen LogP contribution in [0.2, 0.25) is 0 Å². The van der Waals surface area contributed by atoms with Crippen LogP contribution >= 0.6 is 0 Å². The van der Waals surface area contributed by atoms with E-state index in [0.717, 1.165) is 12.2 Å². The van der Waals surface area contributed by atoms with Crippen molar-refractivity contribution in [1.29, 1.82) is 0 Å². The van der Waals surface area contributed by atoms with Crippen molar-refractivity contribution in [2.24, 2.45) is 0 Å². The number of likely N-dealkylation sites (N-methyl/N-ethyl adjacent to an activating group) is 1. The molecule has 1 aromatic rings. The van der Waals surface area contributed by atoms with E-state index in [0.29, 0.717) is 37.6 Å². The highest BCUT2D eigenvalue weighted by molar-refractivity contribution is 5.99. The summed E-state index contributed by atoms with van der Waals surface area (Å²) in [5.74, 6) is -0.343. The summed E-state index contributed by atoms with van der Waals surface area (Å²) in [5, 5.41) is 0. The molecule has 0 aliphatic rings. The lowest BCUT2D eigenvalue weighted by atomic mass is 10.1. The van der Waals surface area contributed by atoms with Gasteiger partial charge in [0.2, 0.25) is 0 Å². The summed E-state index contributed by atoms with van der Waals surface area (Å²) < 4.78 is 10.5. The highest BCUT2D eigenvalue weighted by Crippen LogP contribution is 2.28. The van der Waals surface area contributed by atoms with E-state index in [1.165, 1.54) is 0 Å².